The number of fused-ring (bicyclic) bond motifs is 3. The fourth-order valence-corrected chi connectivity index (χ4v) is 8.98. The summed E-state index contributed by atoms with van der Waals surface area (Å²) in [4.78, 5) is 52.3. The number of pyridine rings is 1. The Labute approximate surface area is 296 Å². The molecule has 1 spiro atoms. The van der Waals surface area contributed by atoms with Gasteiger partial charge in [0, 0.05) is 56.8 Å². The molecule has 6 rings (SSSR count). The zero-order valence-electron chi connectivity index (χ0n) is 28.8. The van der Waals surface area contributed by atoms with E-state index in [0.717, 1.165) is 5.56 Å². The van der Waals surface area contributed by atoms with Gasteiger partial charge in [-0.2, -0.15) is 4.31 Å². The summed E-state index contributed by atoms with van der Waals surface area (Å²) in [6.45, 7) is 7.94. The summed E-state index contributed by atoms with van der Waals surface area (Å²) in [5, 5.41) is 0.603. The van der Waals surface area contributed by atoms with E-state index >= 15 is 0 Å². The number of carbonyl (C=O) groups excluding carboxylic acids is 3. The number of rotatable bonds is 10. The Kier molecular flexibility index (Phi) is 9.72. The smallest absolute Gasteiger partial charge is 0.307 e. The van der Waals surface area contributed by atoms with Crippen LogP contribution >= 0.6 is 11.3 Å². The molecule has 0 N–H and O–H groups in total. The molecule has 1 fully saturated rings. The van der Waals surface area contributed by atoms with Gasteiger partial charge in [0.2, 0.25) is 27.7 Å². The van der Waals surface area contributed by atoms with Gasteiger partial charge in [-0.3, -0.25) is 14.4 Å². The van der Waals surface area contributed by atoms with Gasteiger partial charge in [-0.25, -0.2) is 18.4 Å². The number of methoxy groups -OCH3 is 1. The Morgan fingerprint density at radius 2 is 1.78 bits per heavy atom. The van der Waals surface area contributed by atoms with Crippen LogP contribution in [0.1, 0.15) is 56.7 Å². The Morgan fingerprint density at radius 3 is 2.46 bits per heavy atom. The summed E-state index contributed by atoms with van der Waals surface area (Å²) in [7, 11) is -2.59. The Balaban J connectivity index is 1.33. The zero-order chi connectivity index (χ0) is 35.8. The third-order valence-electron chi connectivity index (χ3n) is 9.00. The van der Waals surface area contributed by atoms with Crippen molar-refractivity contribution in [3.05, 3.63) is 76.8 Å². The van der Waals surface area contributed by atoms with E-state index in [-0.39, 0.29) is 42.6 Å². The van der Waals surface area contributed by atoms with Crippen molar-refractivity contribution in [2.45, 2.75) is 69.4 Å². The first-order valence-corrected chi connectivity index (χ1v) is 18.7. The quantitative estimate of drug-likeness (QED) is 0.214. The van der Waals surface area contributed by atoms with E-state index in [0.29, 0.717) is 58.5 Å². The van der Waals surface area contributed by atoms with E-state index in [9.17, 15) is 22.8 Å². The van der Waals surface area contributed by atoms with Crippen molar-refractivity contribution in [1.29, 1.82) is 0 Å². The standard InChI is InChI=1S/C36H41N5O7S2/c1-24(42)39-18-16-36(22-39)23-41(32(43)20-31-37-28-12-14-30(47-5)38-34(28)49-31)29-13-11-26(19-27(29)36)50(45,46)40(21-25-9-7-6-8-10-25)17-15-33(44)48-35(2,3)4/h6-14,19H,15-18,20-23H2,1-5H3. The topological polar surface area (TPSA) is 139 Å². The van der Waals surface area contributed by atoms with Crippen molar-refractivity contribution in [2.75, 3.05) is 38.2 Å². The van der Waals surface area contributed by atoms with Crippen LogP contribution in [0.2, 0.25) is 0 Å². The first kappa shape index (κ1) is 35.4. The van der Waals surface area contributed by atoms with Crippen molar-refractivity contribution >= 4 is 55.2 Å². The second-order valence-electron chi connectivity index (χ2n) is 13.8. The van der Waals surface area contributed by atoms with Crippen LogP contribution in [-0.4, -0.2) is 84.3 Å². The summed E-state index contributed by atoms with van der Waals surface area (Å²) >= 11 is 1.32. The maximum absolute atomic E-state index is 14.4. The average Bonchev–Trinajstić information content (AvgIpc) is 3.77. The van der Waals surface area contributed by atoms with Gasteiger partial charge in [-0.1, -0.05) is 41.7 Å². The van der Waals surface area contributed by atoms with Crippen LogP contribution in [0.4, 0.5) is 5.69 Å². The predicted octanol–water partition coefficient (Wildman–Crippen LogP) is 4.70. The molecule has 2 aliphatic rings. The van der Waals surface area contributed by atoms with Gasteiger partial charge in [0.1, 0.15) is 21.0 Å². The second-order valence-corrected chi connectivity index (χ2v) is 16.8. The Morgan fingerprint density at radius 1 is 1.02 bits per heavy atom. The molecule has 264 valence electrons. The lowest BCUT2D eigenvalue weighted by atomic mass is 9.81. The molecular weight excluding hydrogens is 679 g/mol. The van der Waals surface area contributed by atoms with Crippen molar-refractivity contribution in [2.24, 2.45) is 0 Å². The van der Waals surface area contributed by atoms with E-state index in [1.807, 2.05) is 30.3 Å². The van der Waals surface area contributed by atoms with Gasteiger partial charge in [-0.15, -0.1) is 0 Å². The highest BCUT2D eigenvalue weighted by Crippen LogP contribution is 2.47. The molecule has 2 aliphatic heterocycles. The van der Waals surface area contributed by atoms with E-state index < -0.39 is 27.0 Å². The van der Waals surface area contributed by atoms with Gasteiger partial charge in [-0.05, 0) is 62.6 Å². The molecule has 2 aromatic heterocycles. The van der Waals surface area contributed by atoms with Gasteiger partial charge in [0.05, 0.1) is 24.8 Å². The number of anilines is 1. The fraction of sp³-hybridized carbons (Fsp3) is 0.417. The largest absolute Gasteiger partial charge is 0.481 e. The monoisotopic (exact) mass is 719 g/mol. The number of hydrogen-bond donors (Lipinski definition) is 0. The summed E-state index contributed by atoms with van der Waals surface area (Å²) < 4.78 is 40.8. The summed E-state index contributed by atoms with van der Waals surface area (Å²) in [6, 6.07) is 17.6. The predicted molar refractivity (Wildman–Crippen MR) is 190 cm³/mol. The highest BCUT2D eigenvalue weighted by atomic mass is 32.2. The number of hydrogen-bond acceptors (Lipinski definition) is 10. The number of nitrogens with zero attached hydrogens (tertiary/aromatic N) is 5. The molecule has 2 amide bonds. The van der Waals surface area contributed by atoms with E-state index in [4.69, 9.17) is 9.47 Å². The third kappa shape index (κ3) is 7.37. The molecule has 4 heterocycles. The van der Waals surface area contributed by atoms with Crippen LogP contribution in [0, 0.1) is 0 Å². The van der Waals surface area contributed by atoms with Gasteiger partial charge in [0.25, 0.3) is 0 Å². The van der Waals surface area contributed by atoms with Crippen molar-refractivity contribution in [3.63, 3.8) is 0 Å². The Bertz CT molecular complexity index is 2040. The maximum atomic E-state index is 14.4. The number of likely N-dealkylation sites (tertiary alicyclic amines) is 1. The molecule has 1 unspecified atom stereocenters. The van der Waals surface area contributed by atoms with Crippen LogP contribution in [0.3, 0.4) is 0 Å². The lowest BCUT2D eigenvalue weighted by molar-refractivity contribution is -0.155. The molecule has 50 heavy (non-hydrogen) atoms. The van der Waals surface area contributed by atoms with Gasteiger partial charge < -0.3 is 19.3 Å². The highest BCUT2D eigenvalue weighted by Gasteiger charge is 2.50. The van der Waals surface area contributed by atoms with Crippen molar-refractivity contribution in [3.8, 4) is 5.88 Å². The molecule has 4 aromatic rings. The summed E-state index contributed by atoms with van der Waals surface area (Å²) in [5.41, 5.74) is 1.41. The number of ether oxygens (including phenoxy) is 2. The lowest BCUT2D eigenvalue weighted by Gasteiger charge is -2.26. The maximum Gasteiger partial charge on any atom is 0.307 e. The average molecular weight is 720 g/mol. The number of thiazole rings is 1. The number of amides is 2. The zero-order valence-corrected chi connectivity index (χ0v) is 30.5. The molecule has 14 heteroatoms. The Hall–Kier alpha value is -4.40. The first-order chi connectivity index (χ1) is 23.7. The molecular formula is C36H41N5O7S2. The minimum atomic E-state index is -4.13. The molecule has 1 atom stereocenters. The number of sulfonamides is 1. The van der Waals surface area contributed by atoms with Crippen LogP contribution in [0.5, 0.6) is 5.88 Å². The van der Waals surface area contributed by atoms with E-state index in [2.05, 4.69) is 9.97 Å². The highest BCUT2D eigenvalue weighted by molar-refractivity contribution is 7.89. The molecule has 0 saturated carbocycles. The molecule has 12 nitrogen and oxygen atoms in total. The first-order valence-electron chi connectivity index (χ1n) is 16.4. The van der Waals surface area contributed by atoms with Crippen molar-refractivity contribution < 1.29 is 32.3 Å². The van der Waals surface area contributed by atoms with Crippen LogP contribution in [-0.2, 0) is 47.5 Å². The van der Waals surface area contributed by atoms with Crippen LogP contribution in [0.25, 0.3) is 10.3 Å². The van der Waals surface area contributed by atoms with E-state index in [1.165, 1.54) is 35.7 Å². The fourth-order valence-electron chi connectivity index (χ4n) is 6.61. The molecule has 1 saturated heterocycles. The normalized spacial score (nSPS) is 17.5. The number of carbonyl (C=O) groups is 3. The minimum Gasteiger partial charge on any atom is -0.481 e. The molecule has 2 aromatic carbocycles. The number of benzene rings is 2. The third-order valence-corrected chi connectivity index (χ3v) is 11.8. The van der Waals surface area contributed by atoms with Crippen molar-refractivity contribution in [1.82, 2.24) is 19.2 Å². The number of esters is 1. The van der Waals surface area contributed by atoms with Crippen LogP contribution < -0.4 is 9.64 Å². The minimum absolute atomic E-state index is 0.0326. The molecule has 0 radical (unpaired) electrons. The van der Waals surface area contributed by atoms with Crippen LogP contribution in [0.15, 0.2) is 65.6 Å². The summed E-state index contributed by atoms with van der Waals surface area (Å²) in [6.07, 6.45) is 0.483. The number of aromatic nitrogens is 2. The SMILES string of the molecule is COc1ccc2nc(CC(=O)N3CC4(CCN(C(C)=O)C4)c4cc(S(=O)(=O)N(CCC(=O)OC(C)(C)C)Cc5ccccc5)ccc43)sc2n1. The van der Waals surface area contributed by atoms with Gasteiger partial charge >= 0.3 is 5.97 Å². The summed E-state index contributed by atoms with van der Waals surface area (Å²) in [5.74, 6) is -0.297. The van der Waals surface area contributed by atoms with Gasteiger partial charge in [0.15, 0.2) is 0 Å². The van der Waals surface area contributed by atoms with E-state index in [1.54, 1.807) is 54.8 Å². The molecule has 0 aliphatic carbocycles. The second kappa shape index (κ2) is 13.7. The molecule has 0 bridgehead atoms. The lowest BCUT2D eigenvalue weighted by Crippen LogP contribution is -2.40.